The van der Waals surface area contributed by atoms with E-state index in [1.165, 1.54) is 177 Å². The number of rotatable bonds is 4. The highest BCUT2D eigenvalue weighted by molar-refractivity contribution is 6.34. The molecule has 414 valence electrons. The Hall–Kier alpha value is -8.06. The summed E-state index contributed by atoms with van der Waals surface area (Å²) < 4.78 is 0. The van der Waals surface area contributed by atoms with Crippen LogP contribution in [0.25, 0.3) is 133 Å². The molecule has 0 spiro atoms. The van der Waals surface area contributed by atoms with Gasteiger partial charge >= 0.3 is 0 Å². The van der Waals surface area contributed by atoms with Gasteiger partial charge in [0, 0.05) is 10.8 Å². The van der Waals surface area contributed by atoms with Gasteiger partial charge in [-0.15, -0.1) is 0 Å². The van der Waals surface area contributed by atoms with E-state index < -0.39 is 0 Å². The van der Waals surface area contributed by atoms with E-state index in [0.29, 0.717) is 0 Å². The van der Waals surface area contributed by atoms with Crippen molar-refractivity contribution in [1.82, 2.24) is 0 Å². The average molecular weight is 1090 g/mol. The molecule has 0 heteroatoms. The normalized spacial score (nSPS) is 14.9. The Balaban J connectivity index is 1.07. The molecule has 0 atom stereocenters. The van der Waals surface area contributed by atoms with Gasteiger partial charge in [0.05, 0.1) is 0 Å². The molecule has 84 heavy (non-hydrogen) atoms. The quantitative estimate of drug-likeness (QED) is 0.165. The molecule has 11 aromatic rings. The van der Waals surface area contributed by atoms with Crippen molar-refractivity contribution in [3.63, 3.8) is 0 Å². The largest absolute Gasteiger partial charge is 0.0622 e. The van der Waals surface area contributed by atoms with Gasteiger partial charge in [-0.25, -0.2) is 0 Å². The summed E-state index contributed by atoms with van der Waals surface area (Å²) in [5, 5.41) is 5.31. The highest BCUT2D eigenvalue weighted by atomic mass is 14.5. The standard InChI is InChI=1S/C84H78/c1-79(2,3)49-31-33-57-65(43-49)83(13,14)67-45-51(81(7,8)9)41-63(70(57)67)56-36-35-53(47-25-19-17-20-26-47)72-59-37-40-62-76-61(39-38-60(73(56)72)75(59)76)77-69(48-27-21-18-22-28-48)54-29-23-24-30-55(54)74(78(62)77)64-42-52(82(10,11)12)46-68-71(64)58-34-32-50(80(4,5)6)44-66(58)84(68,15)16/h17-46H,1-16H3. The summed E-state index contributed by atoms with van der Waals surface area (Å²) >= 11 is 0. The first-order chi connectivity index (χ1) is 39.7. The van der Waals surface area contributed by atoms with E-state index in [1.807, 2.05) is 0 Å². The molecule has 15 rings (SSSR count). The molecule has 0 nitrogen and oxygen atoms in total. The van der Waals surface area contributed by atoms with Crippen molar-refractivity contribution in [2.24, 2.45) is 0 Å². The number of hydrogen-bond donors (Lipinski definition) is 0. The van der Waals surface area contributed by atoms with Crippen LogP contribution < -0.4 is 0 Å². The summed E-state index contributed by atoms with van der Waals surface area (Å²) in [5.41, 5.74) is 37.2. The second-order valence-corrected chi connectivity index (χ2v) is 30.4. The van der Waals surface area contributed by atoms with E-state index in [0.717, 1.165) is 0 Å². The summed E-state index contributed by atoms with van der Waals surface area (Å²) in [6.45, 7) is 38.3. The van der Waals surface area contributed by atoms with Crippen LogP contribution >= 0.6 is 0 Å². The van der Waals surface area contributed by atoms with Crippen molar-refractivity contribution in [1.29, 1.82) is 0 Å². The topological polar surface area (TPSA) is 0 Å². The number of benzene rings is 11. The zero-order chi connectivity index (χ0) is 58.7. The van der Waals surface area contributed by atoms with E-state index in [2.05, 4.69) is 293 Å². The third-order valence-corrected chi connectivity index (χ3v) is 20.4. The minimum atomic E-state index is -0.212. The summed E-state index contributed by atoms with van der Waals surface area (Å²) in [7, 11) is 0. The molecular formula is C84H78. The summed E-state index contributed by atoms with van der Waals surface area (Å²) in [5.74, 6) is 0. The van der Waals surface area contributed by atoms with E-state index >= 15 is 0 Å². The fourth-order valence-electron chi connectivity index (χ4n) is 15.6. The van der Waals surface area contributed by atoms with Crippen molar-refractivity contribution >= 4 is 21.5 Å². The Morgan fingerprint density at radius 3 is 1.05 bits per heavy atom. The molecule has 0 radical (unpaired) electrons. The SMILES string of the molecule is CC(C)(C)c1ccc2c(c1)C(C)(C)c1cc(C(C)(C)C)cc(-c3ccc(-c4ccccc4)c4c3-c3ccc5c6c(ccc-4c36)-c3c-5c(-c4ccccc4)c4ccccc4c3-c3cc(C(C)(C)C)cc4c3-c3ccc(C(C)(C)C)cc3C4(C)C)c1-2. The molecule has 0 bridgehead atoms. The molecule has 0 fully saturated rings. The van der Waals surface area contributed by atoms with Gasteiger partial charge in [0.15, 0.2) is 0 Å². The predicted molar refractivity (Wildman–Crippen MR) is 362 cm³/mol. The van der Waals surface area contributed by atoms with Gasteiger partial charge in [-0.05, 0) is 211 Å². The maximum absolute atomic E-state index is 2.60. The second-order valence-electron chi connectivity index (χ2n) is 30.4. The zero-order valence-electron chi connectivity index (χ0n) is 52.3. The molecule has 0 amide bonds. The number of hydrogen-bond acceptors (Lipinski definition) is 0. The van der Waals surface area contributed by atoms with Crippen molar-refractivity contribution in [3.8, 4) is 111 Å². The highest BCUT2D eigenvalue weighted by Crippen LogP contribution is 2.66. The van der Waals surface area contributed by atoms with Crippen LogP contribution in [0.3, 0.4) is 0 Å². The molecule has 11 aromatic carbocycles. The monoisotopic (exact) mass is 1090 g/mol. The Bertz CT molecular complexity index is 4690. The molecule has 0 N–H and O–H groups in total. The van der Waals surface area contributed by atoms with Crippen LogP contribution in [0.1, 0.15) is 155 Å². The second kappa shape index (κ2) is 17.3. The lowest BCUT2D eigenvalue weighted by molar-refractivity contribution is 0.579. The molecule has 0 unspecified atom stereocenters. The molecule has 0 saturated carbocycles. The smallest absolute Gasteiger partial charge is 0.0159 e. The average Bonchev–Trinajstić information content (AvgIpc) is 1.59. The maximum Gasteiger partial charge on any atom is 0.0159 e. The fraction of sp³-hybridized carbons (Fsp3) is 0.262. The molecule has 4 aliphatic carbocycles. The molecule has 0 heterocycles. The van der Waals surface area contributed by atoms with Crippen LogP contribution in [-0.4, -0.2) is 0 Å². The molecule has 0 aliphatic heterocycles. The summed E-state index contributed by atoms with van der Waals surface area (Å²) in [6, 6.07) is 72.0. The van der Waals surface area contributed by atoms with Gasteiger partial charge < -0.3 is 0 Å². The first-order valence-electron chi connectivity index (χ1n) is 30.9. The van der Waals surface area contributed by atoms with Crippen molar-refractivity contribution in [2.45, 2.75) is 143 Å². The van der Waals surface area contributed by atoms with Gasteiger partial charge in [0.25, 0.3) is 0 Å². The highest BCUT2D eigenvalue weighted by Gasteiger charge is 2.44. The lowest BCUT2D eigenvalue weighted by Crippen LogP contribution is -2.19. The zero-order valence-corrected chi connectivity index (χ0v) is 52.3. The van der Waals surface area contributed by atoms with Crippen molar-refractivity contribution < 1.29 is 0 Å². The summed E-state index contributed by atoms with van der Waals surface area (Å²) in [6.07, 6.45) is 0. The van der Waals surface area contributed by atoms with Gasteiger partial charge in [-0.2, -0.15) is 0 Å². The first kappa shape index (κ1) is 52.7. The molecule has 0 aromatic heterocycles. The Morgan fingerprint density at radius 2 is 0.571 bits per heavy atom. The molecular weight excluding hydrogens is 1010 g/mol. The first-order valence-corrected chi connectivity index (χ1v) is 30.9. The molecule has 0 saturated heterocycles. The van der Waals surface area contributed by atoms with Crippen LogP contribution in [0.5, 0.6) is 0 Å². The van der Waals surface area contributed by atoms with Crippen LogP contribution in [0, 0.1) is 0 Å². The lowest BCUT2D eigenvalue weighted by Gasteiger charge is -2.28. The minimum absolute atomic E-state index is 0.0209. The van der Waals surface area contributed by atoms with E-state index in [4.69, 9.17) is 0 Å². The van der Waals surface area contributed by atoms with Crippen LogP contribution in [-0.2, 0) is 32.5 Å². The van der Waals surface area contributed by atoms with Crippen molar-refractivity contribution in [2.75, 3.05) is 0 Å². The predicted octanol–water partition coefficient (Wildman–Crippen LogP) is 23.8. The van der Waals surface area contributed by atoms with Crippen LogP contribution in [0.4, 0.5) is 0 Å². The van der Waals surface area contributed by atoms with Gasteiger partial charge in [0.2, 0.25) is 0 Å². The fourth-order valence-corrected chi connectivity index (χ4v) is 15.6. The van der Waals surface area contributed by atoms with Gasteiger partial charge in [0.1, 0.15) is 0 Å². The Kier molecular flexibility index (Phi) is 10.9. The van der Waals surface area contributed by atoms with E-state index in [9.17, 15) is 0 Å². The third-order valence-electron chi connectivity index (χ3n) is 20.4. The van der Waals surface area contributed by atoms with Crippen LogP contribution in [0.2, 0.25) is 0 Å². The van der Waals surface area contributed by atoms with Gasteiger partial charge in [-0.3, -0.25) is 0 Å². The third kappa shape index (κ3) is 7.31. The van der Waals surface area contributed by atoms with Gasteiger partial charge in [-0.1, -0.05) is 281 Å². The summed E-state index contributed by atoms with van der Waals surface area (Å²) in [4.78, 5) is 0. The Labute approximate surface area is 499 Å². The number of fused-ring (bicyclic) bond motifs is 13. The van der Waals surface area contributed by atoms with Crippen molar-refractivity contribution in [3.05, 3.63) is 226 Å². The van der Waals surface area contributed by atoms with Crippen LogP contribution in [0.15, 0.2) is 182 Å². The van der Waals surface area contributed by atoms with E-state index in [1.54, 1.807) is 0 Å². The lowest BCUT2D eigenvalue weighted by atomic mass is 9.75. The Morgan fingerprint density at radius 1 is 0.226 bits per heavy atom. The minimum Gasteiger partial charge on any atom is -0.0622 e. The van der Waals surface area contributed by atoms with E-state index in [-0.39, 0.29) is 32.5 Å². The molecule has 4 aliphatic rings. The maximum atomic E-state index is 2.60.